The van der Waals surface area contributed by atoms with Crippen molar-refractivity contribution in [3.63, 3.8) is 0 Å². The fourth-order valence-corrected chi connectivity index (χ4v) is 7.25. The predicted molar refractivity (Wildman–Crippen MR) is 106 cm³/mol. The first-order chi connectivity index (χ1) is 13.1. The lowest BCUT2D eigenvalue weighted by Gasteiger charge is -2.56. The largest absolute Gasteiger partial charge is 0.450 e. The molecule has 0 saturated heterocycles. The Morgan fingerprint density at radius 3 is 2.50 bits per heavy atom. The molecule has 0 spiro atoms. The Bertz CT molecular complexity index is 849. The van der Waals surface area contributed by atoms with E-state index < -0.39 is 5.60 Å². The Hall–Kier alpha value is -1.97. The van der Waals surface area contributed by atoms with Crippen molar-refractivity contribution in [2.24, 2.45) is 34.5 Å². The van der Waals surface area contributed by atoms with Gasteiger partial charge in [0.15, 0.2) is 17.2 Å². The Labute approximate surface area is 167 Å². The molecule has 150 valence electrons. The van der Waals surface area contributed by atoms with Gasteiger partial charge in [0.05, 0.1) is 0 Å². The molecule has 0 amide bonds. The number of Topliss-reactive ketones (excluding diaryl/α,β-unsaturated/α-hetero) is 1. The van der Waals surface area contributed by atoms with Crippen LogP contribution in [0.5, 0.6) is 0 Å². The minimum absolute atomic E-state index is 0.00993. The molecule has 0 N–H and O–H groups in total. The molecule has 0 unspecified atom stereocenters. The molecule has 0 heterocycles. The van der Waals surface area contributed by atoms with Crippen molar-refractivity contribution < 1.29 is 19.1 Å². The molecule has 4 nitrogen and oxygen atoms in total. The Morgan fingerprint density at radius 1 is 1.14 bits per heavy atom. The summed E-state index contributed by atoms with van der Waals surface area (Å²) in [6.07, 6.45) is 12.6. The SMILES string of the molecule is CC(=O)O[C@]1(C(C)=O)[C@@H](C)C[C@H]2[C@@H]3C=CC4=CC(=O)C=C[C@]4(C)[C@H]3CC[C@@]21C. The third kappa shape index (κ3) is 2.26. The van der Waals surface area contributed by atoms with Gasteiger partial charge in [-0.05, 0) is 61.7 Å². The van der Waals surface area contributed by atoms with Crippen LogP contribution in [0.25, 0.3) is 0 Å². The van der Waals surface area contributed by atoms with Gasteiger partial charge in [0.2, 0.25) is 0 Å². The van der Waals surface area contributed by atoms with Gasteiger partial charge in [-0.1, -0.05) is 39.0 Å². The van der Waals surface area contributed by atoms with Gasteiger partial charge in [0.1, 0.15) is 0 Å². The topological polar surface area (TPSA) is 60.4 Å². The molecule has 4 rings (SSSR count). The summed E-state index contributed by atoms with van der Waals surface area (Å²) in [5.74, 6) is 0.589. The van der Waals surface area contributed by atoms with E-state index in [-0.39, 0.29) is 40.2 Å². The summed E-state index contributed by atoms with van der Waals surface area (Å²) in [5, 5.41) is 0. The van der Waals surface area contributed by atoms with Gasteiger partial charge in [-0.25, -0.2) is 0 Å². The van der Waals surface area contributed by atoms with E-state index in [0.29, 0.717) is 11.8 Å². The van der Waals surface area contributed by atoms with Crippen LogP contribution in [0.15, 0.2) is 36.0 Å². The number of hydrogen-bond donors (Lipinski definition) is 0. The molecule has 4 heteroatoms. The number of ketones is 2. The zero-order valence-corrected chi connectivity index (χ0v) is 17.5. The van der Waals surface area contributed by atoms with Gasteiger partial charge >= 0.3 is 5.97 Å². The lowest BCUT2D eigenvalue weighted by Crippen LogP contribution is -2.59. The fourth-order valence-electron chi connectivity index (χ4n) is 7.25. The van der Waals surface area contributed by atoms with Gasteiger partial charge in [0, 0.05) is 23.7 Å². The van der Waals surface area contributed by atoms with E-state index in [1.807, 2.05) is 0 Å². The predicted octanol–water partition coefficient (Wildman–Crippen LogP) is 4.21. The highest BCUT2D eigenvalue weighted by Gasteiger charge is 2.70. The molecule has 0 bridgehead atoms. The van der Waals surface area contributed by atoms with Crippen LogP contribution in [0.1, 0.15) is 53.9 Å². The lowest BCUT2D eigenvalue weighted by atomic mass is 9.48. The minimum Gasteiger partial charge on any atom is -0.450 e. The highest BCUT2D eigenvalue weighted by atomic mass is 16.6. The monoisotopic (exact) mass is 382 g/mol. The van der Waals surface area contributed by atoms with Crippen LogP contribution in [0.3, 0.4) is 0 Å². The van der Waals surface area contributed by atoms with Crippen molar-refractivity contribution in [1.82, 2.24) is 0 Å². The molecule has 4 aliphatic rings. The molecule has 0 aliphatic heterocycles. The molecule has 7 atom stereocenters. The van der Waals surface area contributed by atoms with Crippen LogP contribution >= 0.6 is 0 Å². The molecule has 0 aromatic rings. The summed E-state index contributed by atoms with van der Waals surface area (Å²) in [4.78, 5) is 36.8. The lowest BCUT2D eigenvalue weighted by molar-refractivity contribution is -0.190. The van der Waals surface area contributed by atoms with Crippen molar-refractivity contribution >= 4 is 17.5 Å². The molecular formula is C24H30O4. The highest BCUT2D eigenvalue weighted by molar-refractivity contribution is 6.01. The van der Waals surface area contributed by atoms with Crippen molar-refractivity contribution in [1.29, 1.82) is 0 Å². The second kappa shape index (κ2) is 6.01. The average molecular weight is 383 g/mol. The number of ether oxygens (including phenoxy) is 1. The Kier molecular flexibility index (Phi) is 4.16. The van der Waals surface area contributed by atoms with Crippen LogP contribution in [-0.4, -0.2) is 23.1 Å². The minimum atomic E-state index is -1.04. The quantitative estimate of drug-likeness (QED) is 0.671. The first-order valence-corrected chi connectivity index (χ1v) is 10.4. The third-order valence-electron chi connectivity index (χ3n) is 8.48. The van der Waals surface area contributed by atoms with Crippen LogP contribution in [0.4, 0.5) is 0 Å². The molecule has 2 fully saturated rings. The van der Waals surface area contributed by atoms with Crippen molar-refractivity contribution in [3.05, 3.63) is 36.0 Å². The van der Waals surface area contributed by atoms with Gasteiger partial charge in [0.25, 0.3) is 0 Å². The van der Waals surface area contributed by atoms with Gasteiger partial charge in [-0.15, -0.1) is 0 Å². The molecule has 28 heavy (non-hydrogen) atoms. The average Bonchev–Trinajstić information content (AvgIpc) is 2.83. The normalized spacial score (nSPS) is 46.3. The zero-order chi connectivity index (χ0) is 20.5. The van der Waals surface area contributed by atoms with Crippen LogP contribution in [0, 0.1) is 34.5 Å². The molecule has 0 aromatic heterocycles. The number of esters is 1. The second-order valence-electron chi connectivity index (χ2n) is 9.75. The van der Waals surface area contributed by atoms with E-state index in [9.17, 15) is 14.4 Å². The van der Waals surface area contributed by atoms with Crippen molar-refractivity contribution in [2.45, 2.75) is 59.5 Å². The summed E-state index contributed by atoms with van der Waals surface area (Å²) < 4.78 is 5.89. The first-order valence-electron chi connectivity index (χ1n) is 10.4. The number of carbonyl (C=O) groups is 3. The molecule has 2 saturated carbocycles. The Morgan fingerprint density at radius 2 is 1.86 bits per heavy atom. The van der Waals surface area contributed by atoms with Crippen molar-refractivity contribution in [2.75, 3.05) is 0 Å². The number of allylic oxidation sites excluding steroid dienone is 6. The summed E-state index contributed by atoms with van der Waals surface area (Å²) >= 11 is 0. The number of fused-ring (bicyclic) bond motifs is 5. The maximum Gasteiger partial charge on any atom is 0.303 e. The first kappa shape index (κ1) is 19.4. The highest BCUT2D eigenvalue weighted by Crippen LogP contribution is 2.68. The zero-order valence-electron chi connectivity index (χ0n) is 17.5. The fraction of sp³-hybridized carbons (Fsp3) is 0.625. The van der Waals surface area contributed by atoms with E-state index in [0.717, 1.165) is 24.8 Å². The van der Waals surface area contributed by atoms with E-state index in [1.54, 1.807) is 19.1 Å². The summed E-state index contributed by atoms with van der Waals surface area (Å²) in [5.41, 5.74) is -0.478. The Balaban J connectivity index is 1.80. The summed E-state index contributed by atoms with van der Waals surface area (Å²) in [7, 11) is 0. The second-order valence-corrected chi connectivity index (χ2v) is 9.75. The molecule has 0 radical (unpaired) electrons. The van der Waals surface area contributed by atoms with Gasteiger partial charge in [-0.3, -0.25) is 14.4 Å². The number of rotatable bonds is 2. The van der Waals surface area contributed by atoms with E-state index in [4.69, 9.17) is 4.74 Å². The van der Waals surface area contributed by atoms with Gasteiger partial charge < -0.3 is 4.74 Å². The van der Waals surface area contributed by atoms with Crippen LogP contribution < -0.4 is 0 Å². The third-order valence-corrected chi connectivity index (χ3v) is 8.48. The standard InChI is InChI=1S/C24H30O4/c1-14-12-21-19-7-6-17-13-18(27)8-10-22(17,4)20(19)9-11-23(21,5)24(14,15(2)25)28-16(3)26/h6-8,10,13-14,19-21H,9,11-12H2,1-5H3/t14-,19+,20-,21-,22-,23-,24-/m0/s1. The smallest absolute Gasteiger partial charge is 0.303 e. The molecular weight excluding hydrogens is 352 g/mol. The van der Waals surface area contributed by atoms with Crippen molar-refractivity contribution in [3.8, 4) is 0 Å². The summed E-state index contributed by atoms with van der Waals surface area (Å²) in [6, 6.07) is 0. The molecule has 0 aromatic carbocycles. The summed E-state index contributed by atoms with van der Waals surface area (Å²) in [6.45, 7) is 9.43. The number of hydrogen-bond acceptors (Lipinski definition) is 4. The van der Waals surface area contributed by atoms with E-state index in [1.165, 1.54) is 6.92 Å². The maximum atomic E-state index is 12.9. The number of carbonyl (C=O) groups excluding carboxylic acids is 3. The van der Waals surface area contributed by atoms with Crippen LogP contribution in [-0.2, 0) is 19.1 Å². The van der Waals surface area contributed by atoms with Gasteiger partial charge in [-0.2, -0.15) is 0 Å². The maximum absolute atomic E-state index is 12.9. The van der Waals surface area contributed by atoms with E-state index >= 15 is 0 Å². The molecule has 4 aliphatic carbocycles. The van der Waals surface area contributed by atoms with E-state index in [2.05, 4.69) is 39.0 Å². The van der Waals surface area contributed by atoms with Crippen LogP contribution in [0.2, 0.25) is 0 Å².